The van der Waals surface area contributed by atoms with Crippen molar-refractivity contribution in [3.63, 3.8) is 0 Å². The van der Waals surface area contributed by atoms with Gasteiger partial charge in [-0.3, -0.25) is 10.2 Å². The van der Waals surface area contributed by atoms with E-state index in [-0.39, 0.29) is 0 Å². The molecule has 0 saturated heterocycles. The average Bonchev–Trinajstić information content (AvgIpc) is 1.90. The fourth-order valence-electron chi connectivity index (χ4n) is 0.300. The van der Waals surface area contributed by atoms with E-state index in [9.17, 15) is 0 Å². The minimum absolute atomic E-state index is 1.76. The van der Waals surface area contributed by atoms with Crippen molar-refractivity contribution >= 4 is 0 Å². The second-order valence-electron chi connectivity index (χ2n) is 1.06. The summed E-state index contributed by atoms with van der Waals surface area (Å²) in [5.74, 6) is 0. The Balaban J connectivity index is 3.06. The molecule has 3 N–H and O–H groups in total. The second kappa shape index (κ2) is 2.12. The number of aromatic amines is 3. The van der Waals surface area contributed by atoms with Crippen molar-refractivity contribution in [2.24, 2.45) is 0 Å². The summed E-state index contributed by atoms with van der Waals surface area (Å²) < 4.78 is 0. The highest BCUT2D eigenvalue weighted by Gasteiger charge is 1.54. The predicted molar refractivity (Wildman–Crippen MR) is 26.0 cm³/mol. The fourth-order valence-corrected chi connectivity index (χ4v) is 0.300. The molecule has 0 aliphatic carbocycles. The Bertz CT molecular complexity index is 94.9. The minimum atomic E-state index is 1.76. The number of H-pyrrole nitrogens is 3. The Morgan fingerprint density at radius 3 is 3.43 bits per heavy atom. The molecular formula is C4H6N3. The summed E-state index contributed by atoms with van der Waals surface area (Å²) in [6.07, 6.45) is 4.47. The molecule has 0 unspecified atom stereocenters. The summed E-state index contributed by atoms with van der Waals surface area (Å²) in [5.41, 5.74) is 0. The van der Waals surface area contributed by atoms with Gasteiger partial charge in [0.1, 0.15) is 0 Å². The van der Waals surface area contributed by atoms with Gasteiger partial charge in [-0.2, -0.15) is 0 Å². The normalized spacial score (nSPS) is 8.00. The minimum Gasteiger partial charge on any atom is -0.294 e. The molecule has 0 amide bonds. The first-order valence-electron chi connectivity index (χ1n) is 1.99. The standard InChI is InChI=1S/C4H6N3/c1-2-4-6-7-5-3-1/h1-3,5-7H. The number of hydrogen-bond donors (Lipinski definition) is 3. The average molecular weight is 96.1 g/mol. The van der Waals surface area contributed by atoms with Gasteiger partial charge < -0.3 is 0 Å². The molecule has 0 atom stereocenters. The van der Waals surface area contributed by atoms with Gasteiger partial charge in [0.05, 0.1) is 6.20 Å². The molecule has 3 heteroatoms. The van der Waals surface area contributed by atoms with E-state index in [1.165, 1.54) is 0 Å². The van der Waals surface area contributed by atoms with Crippen LogP contribution in [-0.2, 0) is 0 Å². The molecule has 0 aromatic carbocycles. The van der Waals surface area contributed by atoms with E-state index in [1.54, 1.807) is 12.3 Å². The van der Waals surface area contributed by atoms with Gasteiger partial charge in [0.25, 0.3) is 0 Å². The van der Waals surface area contributed by atoms with Gasteiger partial charge in [-0.1, -0.05) is 0 Å². The Kier molecular flexibility index (Phi) is 1.23. The predicted octanol–water partition coefficient (Wildman–Crippen LogP) is 0.595. The van der Waals surface area contributed by atoms with Crippen molar-refractivity contribution < 1.29 is 0 Å². The first-order chi connectivity index (χ1) is 3.50. The summed E-state index contributed by atoms with van der Waals surface area (Å²) in [4.78, 5) is 0. The third kappa shape index (κ3) is 1.17. The topological polar surface area (TPSA) is 47.4 Å². The van der Waals surface area contributed by atoms with E-state index in [2.05, 4.69) is 21.6 Å². The van der Waals surface area contributed by atoms with Crippen LogP contribution in [0.25, 0.3) is 0 Å². The number of hydrogen-bond acceptors (Lipinski definition) is 0. The lowest BCUT2D eigenvalue weighted by molar-refractivity contribution is 0.887. The zero-order valence-corrected chi connectivity index (χ0v) is 3.73. The van der Waals surface area contributed by atoms with Gasteiger partial charge in [-0.05, 0) is 12.1 Å². The summed E-state index contributed by atoms with van der Waals surface area (Å²) in [6.45, 7) is 0. The third-order valence-corrected chi connectivity index (χ3v) is 0.566. The molecule has 3 nitrogen and oxygen atoms in total. The molecule has 0 bridgehead atoms. The lowest BCUT2D eigenvalue weighted by atomic mass is 10.6. The first kappa shape index (κ1) is 4.05. The van der Waals surface area contributed by atoms with E-state index in [0.29, 0.717) is 0 Å². The SMILES string of the molecule is [c]1ccc[nH][nH][nH]1. The molecule has 0 saturated carbocycles. The molecule has 37 valence electrons. The summed E-state index contributed by atoms with van der Waals surface area (Å²) in [6, 6.07) is 3.58. The van der Waals surface area contributed by atoms with Gasteiger partial charge in [0, 0.05) is 6.20 Å². The zero-order chi connectivity index (χ0) is 4.95. The second-order valence-corrected chi connectivity index (χ2v) is 1.06. The Labute approximate surface area is 41.0 Å². The van der Waals surface area contributed by atoms with E-state index in [1.807, 2.05) is 6.07 Å². The monoisotopic (exact) mass is 96.1 g/mol. The third-order valence-electron chi connectivity index (χ3n) is 0.566. The van der Waals surface area contributed by atoms with Gasteiger partial charge >= 0.3 is 0 Å². The van der Waals surface area contributed by atoms with Crippen LogP contribution >= 0.6 is 0 Å². The molecule has 1 heterocycles. The molecule has 1 rings (SSSR count). The molecule has 7 heavy (non-hydrogen) atoms. The van der Waals surface area contributed by atoms with E-state index in [4.69, 9.17) is 0 Å². The summed E-state index contributed by atoms with van der Waals surface area (Å²) in [7, 11) is 0. The highest BCUT2D eigenvalue weighted by molar-refractivity contribution is 4.76. The van der Waals surface area contributed by atoms with Crippen LogP contribution in [0, 0.1) is 6.20 Å². The van der Waals surface area contributed by atoms with Crippen molar-refractivity contribution in [1.82, 2.24) is 15.4 Å². The highest BCUT2D eigenvalue weighted by atomic mass is 15.3. The van der Waals surface area contributed by atoms with Crippen LogP contribution in [-0.4, -0.2) is 15.4 Å². The maximum atomic E-state index is 2.71. The Hall–Kier alpha value is -1.12. The quantitative estimate of drug-likeness (QED) is 0.423. The number of rotatable bonds is 0. The van der Waals surface area contributed by atoms with E-state index in [0.717, 1.165) is 0 Å². The van der Waals surface area contributed by atoms with Crippen molar-refractivity contribution in [3.8, 4) is 0 Å². The van der Waals surface area contributed by atoms with Crippen molar-refractivity contribution in [1.29, 1.82) is 0 Å². The Morgan fingerprint density at radius 2 is 2.43 bits per heavy atom. The molecule has 0 fully saturated rings. The maximum Gasteiger partial charge on any atom is 0.0805 e. The molecule has 0 aliphatic heterocycles. The van der Waals surface area contributed by atoms with Gasteiger partial charge in [0.15, 0.2) is 0 Å². The first-order valence-corrected chi connectivity index (χ1v) is 1.99. The van der Waals surface area contributed by atoms with Crippen molar-refractivity contribution in [3.05, 3.63) is 24.5 Å². The molecular weight excluding hydrogens is 90.1 g/mol. The zero-order valence-electron chi connectivity index (χ0n) is 3.73. The molecule has 1 radical (unpaired) electrons. The molecule has 1 aromatic heterocycles. The maximum absolute atomic E-state index is 2.71. The largest absolute Gasteiger partial charge is 0.294 e. The van der Waals surface area contributed by atoms with Crippen LogP contribution in [0.15, 0.2) is 18.3 Å². The van der Waals surface area contributed by atoms with Crippen LogP contribution in [0.2, 0.25) is 0 Å². The summed E-state index contributed by atoms with van der Waals surface area (Å²) in [5, 5.41) is 7.95. The van der Waals surface area contributed by atoms with Crippen molar-refractivity contribution in [2.45, 2.75) is 0 Å². The van der Waals surface area contributed by atoms with Gasteiger partial charge in [0.2, 0.25) is 0 Å². The fraction of sp³-hybridized carbons (Fsp3) is 0. The molecule has 0 aliphatic rings. The van der Waals surface area contributed by atoms with Crippen LogP contribution in [0.5, 0.6) is 0 Å². The van der Waals surface area contributed by atoms with E-state index >= 15 is 0 Å². The van der Waals surface area contributed by atoms with Crippen LogP contribution < -0.4 is 0 Å². The van der Waals surface area contributed by atoms with Crippen LogP contribution in [0.4, 0.5) is 0 Å². The smallest absolute Gasteiger partial charge is 0.0805 e. The van der Waals surface area contributed by atoms with E-state index < -0.39 is 0 Å². The molecule has 1 aromatic rings. The molecule has 0 spiro atoms. The van der Waals surface area contributed by atoms with Crippen LogP contribution in [0.1, 0.15) is 0 Å². The Morgan fingerprint density at radius 1 is 1.43 bits per heavy atom. The number of nitrogens with one attached hydrogen (secondary N) is 3. The van der Waals surface area contributed by atoms with Gasteiger partial charge in [-0.15, -0.1) is 0 Å². The summed E-state index contributed by atoms with van der Waals surface area (Å²) >= 11 is 0. The van der Waals surface area contributed by atoms with Crippen LogP contribution in [0.3, 0.4) is 0 Å². The highest BCUT2D eigenvalue weighted by Crippen LogP contribution is 1.64. The lowest BCUT2D eigenvalue weighted by Gasteiger charge is -1.68. The van der Waals surface area contributed by atoms with Crippen molar-refractivity contribution in [2.75, 3.05) is 0 Å². The van der Waals surface area contributed by atoms with Gasteiger partial charge in [-0.25, -0.2) is 5.21 Å². The number of aromatic nitrogens is 3. The lowest BCUT2D eigenvalue weighted by Crippen LogP contribution is -1.71.